The van der Waals surface area contributed by atoms with E-state index in [1.807, 2.05) is 0 Å². The number of fused-ring (bicyclic) bond motifs is 2. The number of hydrogen-bond acceptors (Lipinski definition) is 0. The van der Waals surface area contributed by atoms with E-state index in [2.05, 4.69) is 13.8 Å². The van der Waals surface area contributed by atoms with Gasteiger partial charge in [0.25, 0.3) is 0 Å². The summed E-state index contributed by atoms with van der Waals surface area (Å²) >= 11 is 0. The monoisotopic (exact) mass is 458 g/mol. The van der Waals surface area contributed by atoms with Gasteiger partial charge in [0.15, 0.2) is 0 Å². The second-order valence-corrected chi connectivity index (χ2v) is 11.9. The van der Waals surface area contributed by atoms with Gasteiger partial charge < -0.3 is 0 Å². The lowest BCUT2D eigenvalue weighted by atomic mass is 9.63. The zero-order valence-corrected chi connectivity index (χ0v) is 21.4. The molecule has 0 aromatic heterocycles. The molecule has 5 unspecified atom stereocenters. The Morgan fingerprint density at radius 1 is 0.758 bits per heavy atom. The van der Waals surface area contributed by atoms with Gasteiger partial charge in [-0.1, -0.05) is 78.1 Å². The van der Waals surface area contributed by atoms with Gasteiger partial charge in [-0.2, -0.15) is 0 Å². The van der Waals surface area contributed by atoms with E-state index >= 15 is 8.78 Å². The predicted molar refractivity (Wildman–Crippen MR) is 136 cm³/mol. The lowest BCUT2D eigenvalue weighted by Crippen LogP contribution is -2.31. The lowest BCUT2D eigenvalue weighted by molar-refractivity contribution is 0.111. The molecule has 0 N–H and O–H groups in total. The van der Waals surface area contributed by atoms with Crippen LogP contribution in [0.4, 0.5) is 8.78 Å². The Kier molecular flexibility index (Phi) is 9.28. The summed E-state index contributed by atoms with van der Waals surface area (Å²) in [5.74, 6) is 2.70. The van der Waals surface area contributed by atoms with Crippen molar-refractivity contribution in [1.29, 1.82) is 0 Å². The Hall–Kier alpha value is -0.920. The molecule has 0 radical (unpaired) electrons. The molecule has 33 heavy (non-hydrogen) atoms. The highest BCUT2D eigenvalue weighted by atomic mass is 19.1. The summed E-state index contributed by atoms with van der Waals surface area (Å²) < 4.78 is 30.9. The van der Waals surface area contributed by atoms with Gasteiger partial charge in [0.05, 0.1) is 0 Å². The van der Waals surface area contributed by atoms with Crippen LogP contribution in [0.3, 0.4) is 0 Å². The van der Waals surface area contributed by atoms with Gasteiger partial charge in [-0.3, -0.25) is 0 Å². The van der Waals surface area contributed by atoms with E-state index in [-0.39, 0.29) is 17.6 Å². The minimum Gasteiger partial charge on any atom is -0.207 e. The SMILES string of the molecule is CCCCCCCC1CCC2CC(c3c(F)cc4c(c3F)CCC(CCCC)C4)CCC2C1. The van der Waals surface area contributed by atoms with Crippen molar-refractivity contribution in [3.05, 3.63) is 34.4 Å². The standard InChI is InChI=1S/C31H48F2/c1-3-5-7-8-9-11-23-12-14-25-20-26(16-15-24(25)18-23)30-29(32)21-27-19-22(10-6-4-2)13-17-28(27)31(30)33/h21-26H,3-20H2,1-2H3. The van der Waals surface area contributed by atoms with Crippen LogP contribution < -0.4 is 0 Å². The highest BCUT2D eigenvalue weighted by Crippen LogP contribution is 2.50. The summed E-state index contributed by atoms with van der Waals surface area (Å²) in [6.45, 7) is 4.50. The molecule has 0 aliphatic heterocycles. The van der Waals surface area contributed by atoms with Crippen LogP contribution in [0.5, 0.6) is 0 Å². The van der Waals surface area contributed by atoms with Crippen molar-refractivity contribution in [2.75, 3.05) is 0 Å². The fraction of sp³-hybridized carbons (Fsp3) is 0.806. The molecule has 3 aliphatic rings. The third-order valence-electron chi connectivity index (χ3n) is 9.57. The first kappa shape index (κ1) is 25.2. The molecular formula is C31H48F2. The molecular weight excluding hydrogens is 410 g/mol. The summed E-state index contributed by atoms with van der Waals surface area (Å²) in [5, 5.41) is 0. The highest BCUT2D eigenvalue weighted by Gasteiger charge is 2.38. The normalized spacial score (nSPS) is 29.5. The highest BCUT2D eigenvalue weighted by molar-refractivity contribution is 5.39. The Balaban J connectivity index is 1.34. The average Bonchev–Trinajstić information content (AvgIpc) is 2.82. The van der Waals surface area contributed by atoms with E-state index in [1.54, 1.807) is 6.07 Å². The van der Waals surface area contributed by atoms with Crippen LogP contribution in [0, 0.1) is 35.3 Å². The zero-order valence-electron chi connectivity index (χ0n) is 21.4. The smallest absolute Gasteiger partial charge is 0.133 e. The van der Waals surface area contributed by atoms with Crippen LogP contribution in [0.1, 0.15) is 139 Å². The van der Waals surface area contributed by atoms with Crippen molar-refractivity contribution in [3.8, 4) is 0 Å². The van der Waals surface area contributed by atoms with Crippen molar-refractivity contribution < 1.29 is 8.78 Å². The number of benzene rings is 1. The maximum atomic E-state index is 15.7. The fourth-order valence-corrected chi connectivity index (χ4v) is 7.60. The van der Waals surface area contributed by atoms with Crippen LogP contribution in [-0.4, -0.2) is 0 Å². The van der Waals surface area contributed by atoms with Crippen molar-refractivity contribution in [2.24, 2.45) is 23.7 Å². The molecule has 2 fully saturated rings. The molecule has 0 spiro atoms. The van der Waals surface area contributed by atoms with E-state index in [1.165, 1.54) is 83.5 Å². The van der Waals surface area contributed by atoms with Crippen LogP contribution in [-0.2, 0) is 12.8 Å². The molecule has 5 atom stereocenters. The number of halogens is 2. The maximum Gasteiger partial charge on any atom is 0.133 e. The topological polar surface area (TPSA) is 0 Å². The number of rotatable bonds is 10. The Morgan fingerprint density at radius 2 is 1.48 bits per heavy atom. The Bertz CT molecular complexity index is 754. The lowest BCUT2D eigenvalue weighted by Gasteiger charge is -2.42. The Morgan fingerprint density at radius 3 is 2.30 bits per heavy atom. The van der Waals surface area contributed by atoms with Gasteiger partial charge in [-0.25, -0.2) is 8.78 Å². The quantitative estimate of drug-likeness (QED) is 0.306. The van der Waals surface area contributed by atoms with Crippen LogP contribution in [0.15, 0.2) is 6.07 Å². The fourth-order valence-electron chi connectivity index (χ4n) is 7.60. The first-order valence-electron chi connectivity index (χ1n) is 14.6. The summed E-state index contributed by atoms with van der Waals surface area (Å²) in [6.07, 6.45) is 21.9. The molecule has 1 aromatic rings. The predicted octanol–water partition coefficient (Wildman–Crippen LogP) is 9.92. The van der Waals surface area contributed by atoms with Crippen molar-refractivity contribution in [3.63, 3.8) is 0 Å². The van der Waals surface area contributed by atoms with Crippen molar-refractivity contribution in [2.45, 2.75) is 135 Å². The minimum atomic E-state index is -0.244. The summed E-state index contributed by atoms with van der Waals surface area (Å²) in [7, 11) is 0. The van der Waals surface area contributed by atoms with Crippen LogP contribution in [0.25, 0.3) is 0 Å². The van der Waals surface area contributed by atoms with Gasteiger partial charge in [-0.05, 0) is 98.1 Å². The van der Waals surface area contributed by atoms with Gasteiger partial charge >= 0.3 is 0 Å². The molecule has 0 heterocycles. The first-order chi connectivity index (χ1) is 16.1. The summed E-state index contributed by atoms with van der Waals surface area (Å²) in [4.78, 5) is 0. The molecule has 1 aromatic carbocycles. The molecule has 0 saturated heterocycles. The Labute approximate surface area is 202 Å². The number of unbranched alkanes of at least 4 members (excludes halogenated alkanes) is 5. The van der Waals surface area contributed by atoms with Gasteiger partial charge in [0.1, 0.15) is 11.6 Å². The van der Waals surface area contributed by atoms with E-state index < -0.39 is 0 Å². The number of hydrogen-bond donors (Lipinski definition) is 0. The zero-order chi connectivity index (χ0) is 23.2. The van der Waals surface area contributed by atoms with Crippen LogP contribution >= 0.6 is 0 Å². The van der Waals surface area contributed by atoms with Crippen LogP contribution in [0.2, 0.25) is 0 Å². The van der Waals surface area contributed by atoms with Gasteiger partial charge in [0, 0.05) is 5.56 Å². The largest absolute Gasteiger partial charge is 0.207 e. The molecule has 3 aliphatic carbocycles. The van der Waals surface area contributed by atoms with Crippen molar-refractivity contribution >= 4 is 0 Å². The third-order valence-corrected chi connectivity index (χ3v) is 9.57. The molecule has 186 valence electrons. The maximum absolute atomic E-state index is 15.7. The average molecular weight is 459 g/mol. The van der Waals surface area contributed by atoms with E-state index in [0.29, 0.717) is 17.4 Å². The molecule has 0 amide bonds. The van der Waals surface area contributed by atoms with E-state index in [4.69, 9.17) is 0 Å². The molecule has 4 rings (SSSR count). The second kappa shape index (κ2) is 12.2. The molecule has 0 bridgehead atoms. The van der Waals surface area contributed by atoms with Crippen molar-refractivity contribution in [1.82, 2.24) is 0 Å². The molecule has 0 nitrogen and oxygen atoms in total. The van der Waals surface area contributed by atoms with Gasteiger partial charge in [0.2, 0.25) is 0 Å². The minimum absolute atomic E-state index is 0.0972. The van der Waals surface area contributed by atoms with E-state index in [0.717, 1.165) is 55.1 Å². The first-order valence-corrected chi connectivity index (χ1v) is 14.6. The third kappa shape index (κ3) is 6.21. The van der Waals surface area contributed by atoms with E-state index in [9.17, 15) is 0 Å². The summed E-state index contributed by atoms with van der Waals surface area (Å²) in [5.41, 5.74) is 2.28. The van der Waals surface area contributed by atoms with Gasteiger partial charge in [-0.15, -0.1) is 0 Å². The second-order valence-electron chi connectivity index (χ2n) is 11.9. The molecule has 2 saturated carbocycles. The summed E-state index contributed by atoms with van der Waals surface area (Å²) in [6, 6.07) is 1.73. The molecule has 2 heteroatoms.